The van der Waals surface area contributed by atoms with Gasteiger partial charge < -0.3 is 20.1 Å². The topological polar surface area (TPSA) is 104 Å². The lowest BCUT2D eigenvalue weighted by atomic mass is 10.2. The summed E-state index contributed by atoms with van der Waals surface area (Å²) in [7, 11) is 1.18. The van der Waals surface area contributed by atoms with Crippen molar-refractivity contribution in [1.29, 1.82) is 0 Å². The number of aryl methyl sites for hydroxylation is 1. The molecule has 1 heterocycles. The fourth-order valence-corrected chi connectivity index (χ4v) is 1.87. The number of H-pyrrole nitrogens is 1. The molecule has 2 aromatic rings. The number of esters is 1. The predicted molar refractivity (Wildman–Crippen MR) is 75.4 cm³/mol. The smallest absolute Gasteiger partial charge is 0.336 e. The Labute approximate surface area is 121 Å². The summed E-state index contributed by atoms with van der Waals surface area (Å²) in [6.07, 6.45) is -0.673. The Bertz CT molecular complexity index is 605. The van der Waals surface area contributed by atoms with E-state index in [-0.39, 0.29) is 18.9 Å². The highest BCUT2D eigenvalue weighted by Gasteiger charge is 2.16. The molecule has 0 aliphatic rings. The van der Waals surface area contributed by atoms with Gasteiger partial charge in [0.1, 0.15) is 5.82 Å². The van der Waals surface area contributed by atoms with Crippen molar-refractivity contribution in [3.63, 3.8) is 0 Å². The summed E-state index contributed by atoms with van der Waals surface area (Å²) in [6.45, 7) is -0.161. The van der Waals surface area contributed by atoms with Crippen LogP contribution in [0.3, 0.4) is 0 Å². The zero-order chi connectivity index (χ0) is 15.2. The number of imidazole rings is 1. The minimum absolute atomic E-state index is 0.161. The second kappa shape index (κ2) is 6.85. The van der Waals surface area contributed by atoms with E-state index >= 15 is 0 Å². The molecule has 0 aliphatic carbocycles. The van der Waals surface area contributed by atoms with Gasteiger partial charge in [-0.2, -0.15) is 0 Å². The lowest BCUT2D eigenvalue weighted by molar-refractivity contribution is -0.150. The molecule has 0 saturated heterocycles. The fourth-order valence-electron chi connectivity index (χ4n) is 1.87. The number of aromatic amines is 1. The number of aliphatic hydroxyl groups is 1. The first kappa shape index (κ1) is 15.0. The summed E-state index contributed by atoms with van der Waals surface area (Å²) in [5.41, 5.74) is 1.78. The minimum atomic E-state index is -1.34. The molecule has 1 unspecified atom stereocenters. The Hall–Kier alpha value is -2.41. The zero-order valence-electron chi connectivity index (χ0n) is 11.6. The third-order valence-electron chi connectivity index (χ3n) is 2.99. The van der Waals surface area contributed by atoms with E-state index < -0.39 is 12.1 Å². The van der Waals surface area contributed by atoms with Crippen LogP contribution in [0.5, 0.6) is 0 Å². The molecular formula is C14H17N3O4. The van der Waals surface area contributed by atoms with Crippen LogP contribution >= 0.6 is 0 Å². The quantitative estimate of drug-likeness (QED) is 0.657. The van der Waals surface area contributed by atoms with Gasteiger partial charge in [-0.15, -0.1) is 0 Å². The van der Waals surface area contributed by atoms with E-state index in [0.717, 1.165) is 16.9 Å². The van der Waals surface area contributed by atoms with Crippen molar-refractivity contribution >= 4 is 22.9 Å². The lowest BCUT2D eigenvalue weighted by Crippen LogP contribution is -2.37. The molecule has 7 heteroatoms. The van der Waals surface area contributed by atoms with Crippen LogP contribution in [-0.4, -0.2) is 46.7 Å². The number of carbonyl (C=O) groups excluding carboxylic acids is 2. The first-order valence-electron chi connectivity index (χ1n) is 6.56. The Morgan fingerprint density at radius 3 is 2.90 bits per heavy atom. The summed E-state index contributed by atoms with van der Waals surface area (Å²) in [5.74, 6) is -0.314. The molecule has 0 bridgehead atoms. The van der Waals surface area contributed by atoms with Crippen LogP contribution in [0.1, 0.15) is 12.2 Å². The maximum absolute atomic E-state index is 11.6. The summed E-state index contributed by atoms with van der Waals surface area (Å²) >= 11 is 0. The van der Waals surface area contributed by atoms with Crippen LogP contribution in [0.2, 0.25) is 0 Å². The number of methoxy groups -OCH3 is 1. The predicted octanol–water partition coefficient (Wildman–Crippen LogP) is 0.146. The van der Waals surface area contributed by atoms with E-state index in [0.29, 0.717) is 6.42 Å². The number of hydrogen-bond donors (Lipinski definition) is 3. The van der Waals surface area contributed by atoms with Crippen molar-refractivity contribution in [1.82, 2.24) is 15.3 Å². The molecule has 2 rings (SSSR count). The Morgan fingerprint density at radius 2 is 2.19 bits per heavy atom. The molecule has 0 saturated carbocycles. The number of benzene rings is 1. The van der Waals surface area contributed by atoms with Crippen LogP contribution in [0.25, 0.3) is 11.0 Å². The second-order valence-electron chi connectivity index (χ2n) is 4.54. The monoisotopic (exact) mass is 291 g/mol. The highest BCUT2D eigenvalue weighted by atomic mass is 16.5. The van der Waals surface area contributed by atoms with Gasteiger partial charge in [0.2, 0.25) is 5.91 Å². The number of rotatable bonds is 6. The first-order chi connectivity index (χ1) is 10.1. The first-order valence-corrected chi connectivity index (χ1v) is 6.56. The van der Waals surface area contributed by atoms with E-state index in [1.165, 1.54) is 7.11 Å². The number of fused-ring (bicyclic) bond motifs is 1. The molecular weight excluding hydrogens is 274 g/mol. The number of aromatic nitrogens is 2. The average Bonchev–Trinajstić information content (AvgIpc) is 2.92. The van der Waals surface area contributed by atoms with Crippen LogP contribution in [0, 0.1) is 0 Å². The minimum Gasteiger partial charge on any atom is -0.467 e. The van der Waals surface area contributed by atoms with Crippen molar-refractivity contribution in [2.75, 3.05) is 13.7 Å². The Morgan fingerprint density at radius 1 is 1.43 bits per heavy atom. The average molecular weight is 291 g/mol. The molecule has 1 amide bonds. The molecule has 1 aromatic carbocycles. The van der Waals surface area contributed by atoms with Crippen molar-refractivity contribution < 1.29 is 19.4 Å². The summed E-state index contributed by atoms with van der Waals surface area (Å²) in [4.78, 5) is 30.1. The molecule has 3 N–H and O–H groups in total. The highest BCUT2D eigenvalue weighted by molar-refractivity contribution is 5.79. The molecule has 112 valence electrons. The van der Waals surface area contributed by atoms with E-state index in [4.69, 9.17) is 0 Å². The van der Waals surface area contributed by atoms with Gasteiger partial charge >= 0.3 is 5.97 Å². The zero-order valence-corrected chi connectivity index (χ0v) is 11.6. The number of aliphatic hydroxyl groups excluding tert-OH is 1. The van der Waals surface area contributed by atoms with Crippen molar-refractivity contribution in [2.24, 2.45) is 0 Å². The third-order valence-corrected chi connectivity index (χ3v) is 2.99. The number of carbonyl (C=O) groups is 2. The van der Waals surface area contributed by atoms with Crippen LogP contribution in [0.15, 0.2) is 24.3 Å². The maximum Gasteiger partial charge on any atom is 0.336 e. The van der Waals surface area contributed by atoms with Gasteiger partial charge in [0.15, 0.2) is 6.10 Å². The SMILES string of the molecule is COC(=O)C(O)CNC(=O)CCc1nc2ccccc2[nH]1. The van der Waals surface area contributed by atoms with Crippen LogP contribution < -0.4 is 5.32 Å². The number of nitrogens with zero attached hydrogens (tertiary/aromatic N) is 1. The summed E-state index contributed by atoms with van der Waals surface area (Å²) in [6, 6.07) is 7.61. The molecule has 0 fully saturated rings. The number of nitrogens with one attached hydrogen (secondary N) is 2. The van der Waals surface area contributed by atoms with E-state index in [9.17, 15) is 14.7 Å². The number of hydrogen-bond acceptors (Lipinski definition) is 5. The molecule has 0 aliphatic heterocycles. The number of para-hydroxylation sites is 2. The lowest BCUT2D eigenvalue weighted by Gasteiger charge is -2.09. The standard InChI is InChI=1S/C14H17N3O4/c1-21-14(20)11(18)8-15-13(19)7-6-12-16-9-4-2-3-5-10(9)17-12/h2-5,11,18H,6-8H2,1H3,(H,15,19)(H,16,17). The van der Waals surface area contributed by atoms with Crippen LogP contribution in [0.4, 0.5) is 0 Å². The second-order valence-corrected chi connectivity index (χ2v) is 4.54. The van der Waals surface area contributed by atoms with Gasteiger partial charge in [-0.25, -0.2) is 9.78 Å². The fraction of sp³-hybridized carbons (Fsp3) is 0.357. The molecule has 0 spiro atoms. The van der Waals surface area contributed by atoms with Crippen LogP contribution in [-0.2, 0) is 20.7 Å². The van der Waals surface area contributed by atoms with Gasteiger partial charge in [-0.05, 0) is 12.1 Å². The normalized spacial score (nSPS) is 12.1. The van der Waals surface area contributed by atoms with Gasteiger partial charge in [0.05, 0.1) is 24.7 Å². The molecule has 0 radical (unpaired) electrons. The summed E-state index contributed by atoms with van der Waals surface area (Å²) in [5, 5.41) is 11.8. The van der Waals surface area contributed by atoms with Crippen molar-refractivity contribution in [3.05, 3.63) is 30.1 Å². The largest absolute Gasteiger partial charge is 0.467 e. The summed E-state index contributed by atoms with van der Waals surface area (Å²) < 4.78 is 4.35. The van der Waals surface area contributed by atoms with E-state index in [2.05, 4.69) is 20.0 Å². The van der Waals surface area contributed by atoms with E-state index in [1.807, 2.05) is 24.3 Å². The number of ether oxygens (including phenoxy) is 1. The highest BCUT2D eigenvalue weighted by Crippen LogP contribution is 2.11. The van der Waals surface area contributed by atoms with Gasteiger partial charge in [0, 0.05) is 12.8 Å². The Balaban J connectivity index is 1.80. The van der Waals surface area contributed by atoms with Gasteiger partial charge in [-0.3, -0.25) is 4.79 Å². The Kier molecular flexibility index (Phi) is 4.89. The van der Waals surface area contributed by atoms with E-state index in [1.54, 1.807) is 0 Å². The van der Waals surface area contributed by atoms with Crippen molar-refractivity contribution in [3.8, 4) is 0 Å². The molecule has 7 nitrogen and oxygen atoms in total. The molecule has 1 aromatic heterocycles. The third kappa shape index (κ3) is 4.03. The van der Waals surface area contributed by atoms with Crippen molar-refractivity contribution in [2.45, 2.75) is 18.9 Å². The van der Waals surface area contributed by atoms with Gasteiger partial charge in [0.25, 0.3) is 0 Å². The number of amides is 1. The molecule has 21 heavy (non-hydrogen) atoms. The maximum atomic E-state index is 11.6. The molecule has 1 atom stereocenters. The van der Waals surface area contributed by atoms with Gasteiger partial charge in [-0.1, -0.05) is 12.1 Å².